The van der Waals surface area contributed by atoms with Crippen molar-refractivity contribution in [3.8, 4) is 34.4 Å². The topological polar surface area (TPSA) is 102 Å². The Morgan fingerprint density at radius 2 is 1.56 bits per heavy atom. The Hall–Kier alpha value is -4.31. The van der Waals surface area contributed by atoms with Crippen LogP contribution in [0, 0.1) is 0 Å². The molecule has 10 heteroatoms. The van der Waals surface area contributed by atoms with Gasteiger partial charge in [0.25, 0.3) is 5.56 Å². The standard InChI is InChI=1S/C29H25BrN2O7/c1-35-19-8-5-16(6-9-19)11-12-32-27(17-13-22(36-2)26(38-4)23(14-17)37-3)31-28-24(29(32)34)25(33)20-15-18(30)7-10-21(20)39-28/h5-10,13-15H,11-12H2,1-4H3. The van der Waals surface area contributed by atoms with Crippen molar-refractivity contribution in [3.05, 3.63) is 85.2 Å². The van der Waals surface area contributed by atoms with Crippen LogP contribution in [0.15, 0.2) is 73.1 Å². The highest BCUT2D eigenvalue weighted by atomic mass is 79.9. The summed E-state index contributed by atoms with van der Waals surface area (Å²) >= 11 is 3.38. The van der Waals surface area contributed by atoms with Gasteiger partial charge in [-0.1, -0.05) is 28.1 Å². The van der Waals surface area contributed by atoms with E-state index in [2.05, 4.69) is 15.9 Å². The van der Waals surface area contributed by atoms with Crippen LogP contribution >= 0.6 is 15.9 Å². The monoisotopic (exact) mass is 592 g/mol. The number of nitrogens with zero attached hydrogens (tertiary/aromatic N) is 2. The average molecular weight is 593 g/mol. The fraction of sp³-hybridized carbons (Fsp3) is 0.207. The molecular weight excluding hydrogens is 568 g/mol. The van der Waals surface area contributed by atoms with Gasteiger partial charge in [-0.15, -0.1) is 0 Å². The molecule has 0 aliphatic heterocycles. The second-order valence-electron chi connectivity index (χ2n) is 8.66. The molecule has 0 atom stereocenters. The highest BCUT2D eigenvalue weighted by Crippen LogP contribution is 2.41. The highest BCUT2D eigenvalue weighted by molar-refractivity contribution is 9.10. The molecule has 0 saturated heterocycles. The predicted molar refractivity (Wildman–Crippen MR) is 152 cm³/mol. The molecule has 200 valence electrons. The maximum atomic E-state index is 14.0. The third-order valence-corrected chi connectivity index (χ3v) is 6.96. The minimum absolute atomic E-state index is 0.0516. The molecule has 0 amide bonds. The Balaban J connectivity index is 1.77. The summed E-state index contributed by atoms with van der Waals surface area (Å²) in [6, 6.07) is 16.0. The Bertz CT molecular complexity index is 1790. The number of aromatic nitrogens is 2. The smallest absolute Gasteiger partial charge is 0.269 e. The van der Waals surface area contributed by atoms with Crippen LogP contribution in [0.4, 0.5) is 0 Å². The molecular formula is C29H25BrN2O7. The zero-order chi connectivity index (χ0) is 27.7. The van der Waals surface area contributed by atoms with Crippen molar-refractivity contribution >= 4 is 38.0 Å². The van der Waals surface area contributed by atoms with Crippen molar-refractivity contribution in [1.29, 1.82) is 0 Å². The number of hydrogen-bond donors (Lipinski definition) is 0. The molecule has 0 aliphatic rings. The first-order valence-electron chi connectivity index (χ1n) is 12.0. The molecule has 0 saturated carbocycles. The number of rotatable bonds is 8. The quantitative estimate of drug-likeness (QED) is 0.226. The zero-order valence-corrected chi connectivity index (χ0v) is 23.3. The molecule has 2 aromatic heterocycles. The molecule has 0 bridgehead atoms. The van der Waals surface area contributed by atoms with Crippen LogP contribution in [0.25, 0.3) is 33.5 Å². The second kappa shape index (κ2) is 10.8. The van der Waals surface area contributed by atoms with Gasteiger partial charge in [0.1, 0.15) is 17.2 Å². The number of ether oxygens (including phenoxy) is 4. The molecule has 5 aromatic rings. The van der Waals surface area contributed by atoms with Crippen molar-refractivity contribution in [1.82, 2.24) is 9.55 Å². The highest BCUT2D eigenvalue weighted by Gasteiger charge is 2.22. The third kappa shape index (κ3) is 4.83. The molecule has 0 radical (unpaired) electrons. The lowest BCUT2D eigenvalue weighted by atomic mass is 10.1. The van der Waals surface area contributed by atoms with E-state index in [0.29, 0.717) is 45.1 Å². The molecule has 2 heterocycles. The van der Waals surface area contributed by atoms with Crippen molar-refractivity contribution in [2.45, 2.75) is 13.0 Å². The van der Waals surface area contributed by atoms with Gasteiger partial charge in [0.15, 0.2) is 16.9 Å². The maximum Gasteiger partial charge on any atom is 0.269 e. The summed E-state index contributed by atoms with van der Waals surface area (Å²) in [5.74, 6) is 2.22. The van der Waals surface area contributed by atoms with Crippen molar-refractivity contribution in [2.75, 3.05) is 28.4 Å². The van der Waals surface area contributed by atoms with Gasteiger partial charge in [0, 0.05) is 16.6 Å². The van der Waals surface area contributed by atoms with Crippen LogP contribution in [-0.4, -0.2) is 38.0 Å². The van der Waals surface area contributed by atoms with Crippen molar-refractivity contribution in [2.24, 2.45) is 0 Å². The Morgan fingerprint density at radius 3 is 2.18 bits per heavy atom. The summed E-state index contributed by atoms with van der Waals surface area (Å²) in [6.45, 7) is 0.246. The number of halogens is 1. The Kier molecular flexibility index (Phi) is 7.30. The summed E-state index contributed by atoms with van der Waals surface area (Å²) in [4.78, 5) is 32.2. The lowest BCUT2D eigenvalue weighted by Gasteiger charge is -2.17. The first-order valence-corrected chi connectivity index (χ1v) is 12.8. The largest absolute Gasteiger partial charge is 0.497 e. The number of hydrogen-bond acceptors (Lipinski definition) is 8. The number of benzene rings is 3. The van der Waals surface area contributed by atoms with Gasteiger partial charge in [-0.2, -0.15) is 4.98 Å². The molecule has 39 heavy (non-hydrogen) atoms. The van der Waals surface area contributed by atoms with Crippen LogP contribution < -0.4 is 29.9 Å². The first kappa shape index (κ1) is 26.3. The van der Waals surface area contributed by atoms with Gasteiger partial charge < -0.3 is 23.4 Å². The zero-order valence-electron chi connectivity index (χ0n) is 21.7. The lowest BCUT2D eigenvalue weighted by molar-refractivity contribution is 0.324. The third-order valence-electron chi connectivity index (χ3n) is 6.46. The SMILES string of the molecule is COc1ccc(CCn2c(-c3cc(OC)c(OC)c(OC)c3)nc3oc4ccc(Br)cc4c(=O)c3c2=O)cc1. The predicted octanol–water partition coefficient (Wildman–Crippen LogP) is 5.21. The molecule has 0 fully saturated rings. The van der Waals surface area contributed by atoms with E-state index in [1.165, 1.54) is 25.9 Å². The summed E-state index contributed by atoms with van der Waals surface area (Å²) < 4.78 is 29.9. The lowest BCUT2D eigenvalue weighted by Crippen LogP contribution is -2.28. The van der Waals surface area contributed by atoms with Crippen LogP contribution in [0.2, 0.25) is 0 Å². The summed E-state index contributed by atoms with van der Waals surface area (Å²) in [7, 11) is 6.13. The van der Waals surface area contributed by atoms with E-state index >= 15 is 0 Å². The summed E-state index contributed by atoms with van der Waals surface area (Å²) in [5.41, 5.74) is 0.830. The summed E-state index contributed by atoms with van der Waals surface area (Å²) in [5, 5.41) is 0.171. The minimum atomic E-state index is -0.507. The number of aryl methyl sites for hydroxylation is 1. The molecule has 0 spiro atoms. The number of fused-ring (bicyclic) bond motifs is 2. The van der Waals surface area contributed by atoms with Gasteiger partial charge in [-0.05, 0) is 54.4 Å². The fourth-order valence-corrected chi connectivity index (χ4v) is 4.84. The Morgan fingerprint density at radius 1 is 0.872 bits per heavy atom. The van der Waals surface area contributed by atoms with Crippen molar-refractivity contribution in [3.63, 3.8) is 0 Å². The normalized spacial score (nSPS) is 11.1. The van der Waals surface area contributed by atoms with Gasteiger partial charge in [-0.25, -0.2) is 0 Å². The van der Waals surface area contributed by atoms with E-state index in [4.69, 9.17) is 28.3 Å². The van der Waals surface area contributed by atoms with E-state index in [1.807, 2.05) is 24.3 Å². The van der Waals surface area contributed by atoms with Gasteiger partial charge in [0.2, 0.25) is 16.9 Å². The van der Waals surface area contributed by atoms with Crippen LogP contribution in [-0.2, 0) is 13.0 Å². The maximum absolute atomic E-state index is 14.0. The molecule has 0 aliphatic carbocycles. The van der Waals surface area contributed by atoms with Gasteiger partial charge in [0.05, 0.1) is 33.8 Å². The number of methoxy groups -OCH3 is 4. The minimum Gasteiger partial charge on any atom is -0.497 e. The first-order chi connectivity index (χ1) is 18.9. The molecule has 9 nitrogen and oxygen atoms in total. The van der Waals surface area contributed by atoms with Gasteiger partial charge >= 0.3 is 0 Å². The van der Waals surface area contributed by atoms with E-state index < -0.39 is 11.0 Å². The van der Waals surface area contributed by atoms with E-state index in [1.54, 1.807) is 37.4 Å². The molecule has 0 unspecified atom stereocenters. The van der Waals surface area contributed by atoms with Crippen molar-refractivity contribution < 1.29 is 23.4 Å². The van der Waals surface area contributed by atoms with E-state index in [9.17, 15) is 9.59 Å². The van der Waals surface area contributed by atoms with E-state index in [-0.39, 0.29) is 23.0 Å². The molecule has 0 N–H and O–H groups in total. The fourth-order valence-electron chi connectivity index (χ4n) is 4.48. The van der Waals surface area contributed by atoms with E-state index in [0.717, 1.165) is 11.3 Å². The van der Waals surface area contributed by atoms with Crippen LogP contribution in [0.3, 0.4) is 0 Å². The Labute approximate surface area is 231 Å². The molecule has 3 aromatic carbocycles. The average Bonchev–Trinajstić information content (AvgIpc) is 2.96. The summed E-state index contributed by atoms with van der Waals surface area (Å²) in [6.07, 6.45) is 0.499. The van der Waals surface area contributed by atoms with Crippen LogP contribution in [0.5, 0.6) is 23.0 Å². The van der Waals surface area contributed by atoms with Crippen LogP contribution in [0.1, 0.15) is 5.56 Å². The molecule has 5 rings (SSSR count). The van der Waals surface area contributed by atoms with Gasteiger partial charge in [-0.3, -0.25) is 14.2 Å². The second-order valence-corrected chi connectivity index (χ2v) is 9.57.